The second-order valence-corrected chi connectivity index (χ2v) is 8.32. The molecule has 7 nitrogen and oxygen atoms in total. The predicted molar refractivity (Wildman–Crippen MR) is 87.7 cm³/mol. The minimum atomic E-state index is -3.96. The van der Waals surface area contributed by atoms with Gasteiger partial charge >= 0.3 is 5.97 Å². The van der Waals surface area contributed by atoms with Gasteiger partial charge in [0.05, 0.1) is 18.7 Å². The van der Waals surface area contributed by atoms with Crippen molar-refractivity contribution in [1.29, 1.82) is 0 Å². The third-order valence-corrected chi connectivity index (χ3v) is 5.43. The van der Waals surface area contributed by atoms with E-state index in [4.69, 9.17) is 23.2 Å². The lowest BCUT2D eigenvalue weighted by atomic mass is 10.0. The number of methoxy groups -OCH3 is 1. The molecule has 1 aliphatic rings. The Hall–Kier alpha value is -1.64. The SMILES string of the molecule is COC(=O)C(C1CC(=O)N(c2cc(Cl)cc(Cl)c2)C1=O)S(C)(=O)=O. The summed E-state index contributed by atoms with van der Waals surface area (Å²) < 4.78 is 28.3. The van der Waals surface area contributed by atoms with Crippen molar-refractivity contribution in [2.75, 3.05) is 18.3 Å². The van der Waals surface area contributed by atoms with E-state index in [0.717, 1.165) is 18.3 Å². The zero-order valence-electron chi connectivity index (χ0n) is 12.7. The van der Waals surface area contributed by atoms with E-state index >= 15 is 0 Å². The molecule has 0 bridgehead atoms. The molecule has 1 heterocycles. The van der Waals surface area contributed by atoms with Gasteiger partial charge in [-0.15, -0.1) is 0 Å². The molecule has 2 amide bonds. The number of amides is 2. The van der Waals surface area contributed by atoms with Crippen LogP contribution in [0, 0.1) is 5.92 Å². The second kappa shape index (κ2) is 6.70. The van der Waals surface area contributed by atoms with Crippen LogP contribution in [0.1, 0.15) is 6.42 Å². The number of sulfone groups is 1. The molecule has 1 aromatic carbocycles. The minimum Gasteiger partial charge on any atom is -0.468 e. The number of rotatable bonds is 4. The summed E-state index contributed by atoms with van der Waals surface area (Å²) in [7, 11) is -2.95. The standard InChI is InChI=1S/C14H13Cl2NO6S/c1-23-14(20)12(24(2,21)22)10-6-11(18)17(13(10)19)9-4-7(15)3-8(16)5-9/h3-5,10,12H,6H2,1-2H3. The lowest BCUT2D eigenvalue weighted by molar-refractivity contribution is -0.142. The van der Waals surface area contributed by atoms with Crippen LogP contribution in [-0.4, -0.2) is 44.8 Å². The van der Waals surface area contributed by atoms with E-state index in [9.17, 15) is 22.8 Å². The van der Waals surface area contributed by atoms with Gasteiger partial charge in [-0.25, -0.2) is 8.42 Å². The fourth-order valence-corrected chi connectivity index (χ4v) is 4.35. The van der Waals surface area contributed by atoms with E-state index in [1.165, 1.54) is 18.2 Å². The number of imide groups is 1. The molecule has 1 aliphatic heterocycles. The third-order valence-electron chi connectivity index (χ3n) is 3.55. The number of hydrogen-bond donors (Lipinski definition) is 0. The zero-order valence-corrected chi connectivity index (χ0v) is 15.0. The van der Waals surface area contributed by atoms with Crippen molar-refractivity contribution < 1.29 is 27.5 Å². The molecule has 2 rings (SSSR count). The van der Waals surface area contributed by atoms with Crippen molar-refractivity contribution in [2.24, 2.45) is 5.92 Å². The van der Waals surface area contributed by atoms with Crippen molar-refractivity contribution >= 4 is 56.5 Å². The zero-order chi connectivity index (χ0) is 18.2. The molecule has 1 saturated heterocycles. The van der Waals surface area contributed by atoms with Crippen LogP contribution in [0.4, 0.5) is 5.69 Å². The van der Waals surface area contributed by atoms with Gasteiger partial charge in [0.2, 0.25) is 11.8 Å². The van der Waals surface area contributed by atoms with E-state index in [2.05, 4.69) is 4.74 Å². The van der Waals surface area contributed by atoms with Crippen molar-refractivity contribution in [3.05, 3.63) is 28.2 Å². The molecular weight excluding hydrogens is 381 g/mol. The molecule has 2 unspecified atom stereocenters. The molecule has 10 heteroatoms. The van der Waals surface area contributed by atoms with E-state index in [1.54, 1.807) is 0 Å². The summed E-state index contributed by atoms with van der Waals surface area (Å²) >= 11 is 11.7. The van der Waals surface area contributed by atoms with Gasteiger partial charge in [0.25, 0.3) is 0 Å². The number of hydrogen-bond acceptors (Lipinski definition) is 6. The maximum absolute atomic E-state index is 12.6. The van der Waals surface area contributed by atoms with Gasteiger partial charge in [-0.2, -0.15) is 0 Å². The monoisotopic (exact) mass is 393 g/mol. The largest absolute Gasteiger partial charge is 0.468 e. The first-order valence-corrected chi connectivity index (χ1v) is 9.37. The molecule has 0 spiro atoms. The van der Waals surface area contributed by atoms with Gasteiger partial charge in [-0.05, 0) is 18.2 Å². The fourth-order valence-electron chi connectivity index (χ4n) is 2.59. The summed E-state index contributed by atoms with van der Waals surface area (Å²) in [5, 5.41) is -1.35. The smallest absolute Gasteiger partial charge is 0.324 e. The predicted octanol–water partition coefficient (Wildman–Crippen LogP) is 1.46. The summed E-state index contributed by atoms with van der Waals surface area (Å²) in [5.74, 6) is -3.92. The maximum Gasteiger partial charge on any atom is 0.324 e. The van der Waals surface area contributed by atoms with Gasteiger partial charge in [0, 0.05) is 22.7 Å². The molecule has 0 aliphatic carbocycles. The Balaban J connectivity index is 2.46. The highest BCUT2D eigenvalue weighted by atomic mass is 35.5. The Morgan fingerprint density at radius 3 is 2.25 bits per heavy atom. The molecule has 0 saturated carbocycles. The summed E-state index contributed by atoms with van der Waals surface area (Å²) in [6.07, 6.45) is 0.376. The van der Waals surface area contributed by atoms with Crippen LogP contribution in [0.5, 0.6) is 0 Å². The lowest BCUT2D eigenvalue weighted by Crippen LogP contribution is -2.42. The lowest BCUT2D eigenvalue weighted by Gasteiger charge is -2.19. The molecule has 0 aromatic heterocycles. The highest BCUT2D eigenvalue weighted by Gasteiger charge is 2.50. The molecule has 2 atom stereocenters. The number of carbonyl (C=O) groups is 3. The average Bonchev–Trinajstić information content (AvgIpc) is 2.71. The van der Waals surface area contributed by atoms with Gasteiger partial charge in [-0.3, -0.25) is 19.3 Å². The first kappa shape index (κ1) is 18.7. The summed E-state index contributed by atoms with van der Waals surface area (Å²) in [6.45, 7) is 0. The van der Waals surface area contributed by atoms with Crippen molar-refractivity contribution in [1.82, 2.24) is 0 Å². The number of ether oxygens (including phenoxy) is 1. The Morgan fingerprint density at radius 1 is 1.25 bits per heavy atom. The van der Waals surface area contributed by atoms with Crippen LogP contribution in [0.15, 0.2) is 18.2 Å². The number of carbonyl (C=O) groups excluding carboxylic acids is 3. The highest BCUT2D eigenvalue weighted by Crippen LogP contribution is 2.34. The summed E-state index contributed by atoms with van der Waals surface area (Å²) in [6, 6.07) is 4.11. The Labute approximate surface area is 148 Å². The van der Waals surface area contributed by atoms with E-state index in [0.29, 0.717) is 0 Å². The quantitative estimate of drug-likeness (QED) is 0.567. The van der Waals surface area contributed by atoms with Gasteiger partial charge < -0.3 is 4.74 Å². The molecule has 0 radical (unpaired) electrons. The number of halogens is 2. The van der Waals surface area contributed by atoms with Crippen LogP contribution in [0.3, 0.4) is 0 Å². The average molecular weight is 394 g/mol. The second-order valence-electron chi connectivity index (χ2n) is 5.28. The number of anilines is 1. The van der Waals surface area contributed by atoms with Crippen LogP contribution in [-0.2, 0) is 29.0 Å². The Kier molecular flexibility index (Phi) is 5.22. The first-order valence-electron chi connectivity index (χ1n) is 6.66. The molecule has 24 heavy (non-hydrogen) atoms. The molecule has 1 fully saturated rings. The fraction of sp³-hybridized carbons (Fsp3) is 0.357. The number of nitrogens with zero attached hydrogens (tertiary/aromatic N) is 1. The molecule has 130 valence electrons. The van der Waals surface area contributed by atoms with Gasteiger partial charge in [0.15, 0.2) is 15.1 Å². The highest BCUT2D eigenvalue weighted by molar-refractivity contribution is 7.92. The number of benzene rings is 1. The topological polar surface area (TPSA) is 97.8 Å². The molecular formula is C14H13Cl2NO6S. The van der Waals surface area contributed by atoms with E-state index < -0.39 is 45.2 Å². The van der Waals surface area contributed by atoms with Crippen molar-refractivity contribution in [3.8, 4) is 0 Å². The van der Waals surface area contributed by atoms with Gasteiger partial charge in [0.1, 0.15) is 0 Å². The maximum atomic E-state index is 12.6. The molecule has 0 N–H and O–H groups in total. The Bertz CT molecular complexity index is 802. The van der Waals surface area contributed by atoms with Crippen molar-refractivity contribution in [3.63, 3.8) is 0 Å². The minimum absolute atomic E-state index is 0.113. The van der Waals surface area contributed by atoms with Crippen LogP contribution < -0.4 is 4.90 Å². The third kappa shape index (κ3) is 3.55. The first-order chi connectivity index (χ1) is 11.1. The van der Waals surface area contributed by atoms with Crippen LogP contribution in [0.2, 0.25) is 10.0 Å². The van der Waals surface area contributed by atoms with Gasteiger partial charge in [-0.1, -0.05) is 23.2 Å². The summed E-state index contributed by atoms with van der Waals surface area (Å²) in [5.41, 5.74) is 0.113. The van der Waals surface area contributed by atoms with E-state index in [-0.39, 0.29) is 15.7 Å². The summed E-state index contributed by atoms with van der Waals surface area (Å²) in [4.78, 5) is 37.4. The normalized spacial score (nSPS) is 19.5. The van der Waals surface area contributed by atoms with Crippen LogP contribution in [0.25, 0.3) is 0 Å². The molecule has 1 aromatic rings. The van der Waals surface area contributed by atoms with Crippen LogP contribution >= 0.6 is 23.2 Å². The van der Waals surface area contributed by atoms with Crippen molar-refractivity contribution in [2.45, 2.75) is 11.7 Å². The Morgan fingerprint density at radius 2 is 1.79 bits per heavy atom. The van der Waals surface area contributed by atoms with E-state index in [1.807, 2.05) is 0 Å². The number of esters is 1.